The third kappa shape index (κ3) is 6.19. The van der Waals surface area contributed by atoms with Gasteiger partial charge in [0, 0.05) is 12.3 Å². The van der Waals surface area contributed by atoms with Gasteiger partial charge in [-0.25, -0.2) is 4.79 Å². The van der Waals surface area contributed by atoms with E-state index in [1.54, 1.807) is 24.3 Å². The van der Waals surface area contributed by atoms with E-state index in [2.05, 4.69) is 10.6 Å². The van der Waals surface area contributed by atoms with Crippen LogP contribution in [0.25, 0.3) is 0 Å². The van der Waals surface area contributed by atoms with Crippen LogP contribution in [-0.2, 0) is 16.0 Å². The summed E-state index contributed by atoms with van der Waals surface area (Å²) in [5, 5.41) is 14.1. The third-order valence-electron chi connectivity index (χ3n) is 2.52. The van der Waals surface area contributed by atoms with E-state index in [-0.39, 0.29) is 18.5 Å². The van der Waals surface area contributed by atoms with Crippen molar-refractivity contribution in [3.05, 3.63) is 29.8 Å². The van der Waals surface area contributed by atoms with Gasteiger partial charge < -0.3 is 20.5 Å². The van der Waals surface area contributed by atoms with Crippen LogP contribution in [0.4, 0.5) is 10.5 Å². The topological polar surface area (TPSA) is 87.7 Å². The van der Waals surface area contributed by atoms with Gasteiger partial charge in [0.2, 0.25) is 0 Å². The Kier molecular flexibility index (Phi) is 6.52. The lowest BCUT2D eigenvalue weighted by molar-refractivity contribution is -0.136. The highest BCUT2D eigenvalue weighted by Gasteiger charge is 2.07. The summed E-state index contributed by atoms with van der Waals surface area (Å²) in [7, 11) is 0. The Morgan fingerprint density at radius 1 is 1.30 bits per heavy atom. The Labute approximate surface area is 118 Å². The summed E-state index contributed by atoms with van der Waals surface area (Å²) < 4.78 is 5.20. The number of aliphatic carboxylic acids is 1. The second-order valence-electron chi connectivity index (χ2n) is 4.43. The number of carbonyl (C=O) groups is 2. The van der Waals surface area contributed by atoms with Crippen molar-refractivity contribution >= 4 is 17.7 Å². The third-order valence-corrected chi connectivity index (χ3v) is 2.52. The molecule has 0 fully saturated rings. The van der Waals surface area contributed by atoms with Crippen LogP contribution in [0.3, 0.4) is 0 Å². The molecule has 0 spiro atoms. The zero-order chi connectivity index (χ0) is 15.0. The number of ether oxygens (including phenoxy) is 1. The number of carbonyl (C=O) groups excluding carboxylic acids is 1. The maximum Gasteiger partial charge on any atom is 0.319 e. The number of hydrogen-bond donors (Lipinski definition) is 3. The molecular weight excluding hydrogens is 260 g/mol. The van der Waals surface area contributed by atoms with Crippen LogP contribution in [-0.4, -0.2) is 36.4 Å². The lowest BCUT2D eigenvalue weighted by atomic mass is 10.1. The zero-order valence-corrected chi connectivity index (χ0v) is 11.7. The predicted octanol–water partition coefficient (Wildman–Crippen LogP) is 1.86. The molecule has 20 heavy (non-hydrogen) atoms. The summed E-state index contributed by atoms with van der Waals surface area (Å²) in [5.74, 6) is -0.881. The van der Waals surface area contributed by atoms with E-state index in [0.717, 1.165) is 0 Å². The molecule has 110 valence electrons. The van der Waals surface area contributed by atoms with Gasteiger partial charge in [-0.2, -0.15) is 0 Å². The fourth-order valence-corrected chi connectivity index (χ4v) is 1.61. The lowest BCUT2D eigenvalue weighted by Gasteiger charge is -2.14. The second-order valence-corrected chi connectivity index (χ2v) is 4.43. The predicted molar refractivity (Wildman–Crippen MR) is 75.9 cm³/mol. The summed E-state index contributed by atoms with van der Waals surface area (Å²) in [6.07, 6.45) is -0.0299. The molecule has 6 nitrogen and oxygen atoms in total. The molecule has 0 heterocycles. The number of carboxylic acid groups (broad SMARTS) is 1. The summed E-state index contributed by atoms with van der Waals surface area (Å²) >= 11 is 0. The van der Waals surface area contributed by atoms with Crippen molar-refractivity contribution in [2.24, 2.45) is 0 Å². The minimum absolute atomic E-state index is 0.0299. The van der Waals surface area contributed by atoms with Crippen LogP contribution >= 0.6 is 0 Å². The fourth-order valence-electron chi connectivity index (χ4n) is 1.61. The average molecular weight is 280 g/mol. The first-order valence-electron chi connectivity index (χ1n) is 6.47. The molecule has 0 aliphatic carbocycles. The first-order valence-corrected chi connectivity index (χ1v) is 6.47. The first kappa shape index (κ1) is 16.0. The van der Waals surface area contributed by atoms with Crippen LogP contribution < -0.4 is 10.6 Å². The minimum atomic E-state index is -0.881. The van der Waals surface area contributed by atoms with Crippen LogP contribution in [0, 0.1) is 0 Å². The van der Waals surface area contributed by atoms with Crippen LogP contribution in [0.2, 0.25) is 0 Å². The number of urea groups is 1. The molecule has 1 atom stereocenters. The molecule has 1 aromatic carbocycles. The molecule has 2 amide bonds. The van der Waals surface area contributed by atoms with Gasteiger partial charge in [-0.05, 0) is 31.5 Å². The van der Waals surface area contributed by atoms with Crippen LogP contribution in [0.15, 0.2) is 24.3 Å². The molecule has 0 saturated heterocycles. The molecule has 0 radical (unpaired) electrons. The number of carboxylic acids is 1. The Morgan fingerprint density at radius 2 is 1.95 bits per heavy atom. The van der Waals surface area contributed by atoms with Crippen molar-refractivity contribution in [3.8, 4) is 0 Å². The van der Waals surface area contributed by atoms with Crippen molar-refractivity contribution in [2.75, 3.05) is 18.5 Å². The maximum atomic E-state index is 11.7. The lowest BCUT2D eigenvalue weighted by Crippen LogP contribution is -2.38. The minimum Gasteiger partial charge on any atom is -0.481 e. The molecule has 0 aliphatic rings. The highest BCUT2D eigenvalue weighted by molar-refractivity contribution is 5.89. The summed E-state index contributed by atoms with van der Waals surface area (Å²) in [4.78, 5) is 22.2. The van der Waals surface area contributed by atoms with E-state index in [1.165, 1.54) is 0 Å². The molecule has 1 unspecified atom stereocenters. The van der Waals surface area contributed by atoms with E-state index in [4.69, 9.17) is 9.84 Å². The van der Waals surface area contributed by atoms with Gasteiger partial charge >= 0.3 is 12.0 Å². The SMILES string of the molecule is CCOCC(C)NC(=O)Nc1ccc(CC(=O)O)cc1. The number of benzene rings is 1. The largest absolute Gasteiger partial charge is 0.481 e. The smallest absolute Gasteiger partial charge is 0.319 e. The van der Waals surface area contributed by atoms with E-state index in [0.29, 0.717) is 24.5 Å². The van der Waals surface area contributed by atoms with E-state index < -0.39 is 5.97 Å². The highest BCUT2D eigenvalue weighted by atomic mass is 16.5. The summed E-state index contributed by atoms with van der Waals surface area (Å²) in [5.41, 5.74) is 1.30. The molecule has 0 saturated carbocycles. The van der Waals surface area contributed by atoms with Crippen LogP contribution in [0.5, 0.6) is 0 Å². The van der Waals surface area contributed by atoms with Crippen molar-refractivity contribution in [3.63, 3.8) is 0 Å². The Hall–Kier alpha value is -2.08. The molecule has 0 aromatic heterocycles. The summed E-state index contributed by atoms with van der Waals surface area (Å²) in [6, 6.07) is 6.29. The molecule has 6 heteroatoms. The zero-order valence-electron chi connectivity index (χ0n) is 11.7. The maximum absolute atomic E-state index is 11.7. The van der Waals surface area contributed by atoms with E-state index >= 15 is 0 Å². The number of anilines is 1. The molecular formula is C14H20N2O4. The monoisotopic (exact) mass is 280 g/mol. The van der Waals surface area contributed by atoms with Gasteiger partial charge in [0.15, 0.2) is 0 Å². The van der Waals surface area contributed by atoms with Gasteiger partial charge in [0.1, 0.15) is 0 Å². The van der Waals surface area contributed by atoms with Crippen molar-refractivity contribution in [1.82, 2.24) is 5.32 Å². The molecule has 3 N–H and O–H groups in total. The summed E-state index contributed by atoms with van der Waals surface area (Å²) in [6.45, 7) is 4.82. The van der Waals surface area contributed by atoms with Gasteiger partial charge in [-0.1, -0.05) is 12.1 Å². The highest BCUT2D eigenvalue weighted by Crippen LogP contribution is 2.10. The second kappa shape index (κ2) is 8.16. The average Bonchev–Trinajstić information content (AvgIpc) is 2.38. The van der Waals surface area contributed by atoms with E-state index in [1.807, 2.05) is 13.8 Å². The standard InChI is InChI=1S/C14H20N2O4/c1-3-20-9-10(2)15-14(19)16-12-6-4-11(5-7-12)8-13(17)18/h4-7,10H,3,8-9H2,1-2H3,(H,17,18)(H2,15,16,19). The van der Waals surface area contributed by atoms with Crippen molar-refractivity contribution < 1.29 is 19.4 Å². The molecule has 1 aromatic rings. The molecule has 0 aliphatic heterocycles. The van der Waals surface area contributed by atoms with Crippen molar-refractivity contribution in [2.45, 2.75) is 26.3 Å². The Bertz CT molecular complexity index is 445. The quantitative estimate of drug-likeness (QED) is 0.711. The van der Waals surface area contributed by atoms with Crippen molar-refractivity contribution in [1.29, 1.82) is 0 Å². The Balaban J connectivity index is 2.43. The normalized spacial score (nSPS) is 11.7. The fraction of sp³-hybridized carbons (Fsp3) is 0.429. The van der Waals surface area contributed by atoms with Gasteiger partial charge in [-0.3, -0.25) is 4.79 Å². The number of amides is 2. The van der Waals surface area contributed by atoms with Gasteiger partial charge in [-0.15, -0.1) is 0 Å². The number of nitrogens with one attached hydrogen (secondary N) is 2. The van der Waals surface area contributed by atoms with Gasteiger partial charge in [0.05, 0.1) is 19.1 Å². The molecule has 0 bridgehead atoms. The van der Waals surface area contributed by atoms with Gasteiger partial charge in [0.25, 0.3) is 0 Å². The first-order chi connectivity index (χ1) is 9.51. The Morgan fingerprint density at radius 3 is 2.50 bits per heavy atom. The van der Waals surface area contributed by atoms with E-state index in [9.17, 15) is 9.59 Å². The number of rotatable bonds is 7. The van der Waals surface area contributed by atoms with Crippen LogP contribution in [0.1, 0.15) is 19.4 Å². The molecule has 1 rings (SSSR count). The number of hydrogen-bond acceptors (Lipinski definition) is 3.